The second-order valence-electron chi connectivity index (χ2n) is 5.24. The Hall–Kier alpha value is -2.70. The summed E-state index contributed by atoms with van der Waals surface area (Å²) in [6.45, 7) is 0. The number of fused-ring (bicyclic) bond motifs is 1. The lowest BCUT2D eigenvalue weighted by Gasteiger charge is -2.13. The zero-order valence-corrected chi connectivity index (χ0v) is 12.6. The number of carbonyl (C=O) groups excluding carboxylic acids is 1. The predicted molar refractivity (Wildman–Crippen MR) is 78.0 cm³/mol. The number of hydrogen-bond donors (Lipinski definition) is 0. The van der Waals surface area contributed by atoms with E-state index in [1.165, 1.54) is 31.4 Å². The number of alkyl halides is 3. The van der Waals surface area contributed by atoms with Gasteiger partial charge in [-0.1, -0.05) is 12.1 Å². The molecular weight excluding hydrogens is 325 g/mol. The third-order valence-corrected chi connectivity index (χ3v) is 3.64. The molecule has 0 amide bonds. The quantitative estimate of drug-likeness (QED) is 0.792. The Balaban J connectivity index is 1.74. The van der Waals surface area contributed by atoms with E-state index < -0.39 is 12.3 Å². The van der Waals surface area contributed by atoms with Crippen LogP contribution in [0.4, 0.5) is 13.2 Å². The molecule has 1 atom stereocenters. The minimum Gasteiger partial charge on any atom is -0.485 e. The van der Waals surface area contributed by atoms with Crippen molar-refractivity contribution >= 4 is 5.97 Å². The lowest BCUT2D eigenvalue weighted by molar-refractivity contribution is -0.274. The molecule has 0 saturated carbocycles. The van der Waals surface area contributed by atoms with E-state index in [0.717, 1.165) is 11.1 Å². The summed E-state index contributed by atoms with van der Waals surface area (Å²) in [4.78, 5) is 11.5. The van der Waals surface area contributed by atoms with Crippen LogP contribution < -0.4 is 9.47 Å². The molecule has 0 bridgehead atoms. The first-order chi connectivity index (χ1) is 11.4. The molecular formula is C17H13F3O4. The molecule has 0 spiro atoms. The van der Waals surface area contributed by atoms with Gasteiger partial charge in [0.15, 0.2) is 0 Å². The lowest BCUT2D eigenvalue weighted by atomic mass is 10.0. The maximum Gasteiger partial charge on any atom is 0.573 e. The second-order valence-corrected chi connectivity index (χ2v) is 5.24. The highest BCUT2D eigenvalue weighted by atomic mass is 19.4. The highest BCUT2D eigenvalue weighted by molar-refractivity contribution is 5.89. The third kappa shape index (κ3) is 3.45. The molecule has 3 rings (SSSR count). The molecule has 24 heavy (non-hydrogen) atoms. The first kappa shape index (κ1) is 16.2. The van der Waals surface area contributed by atoms with Gasteiger partial charge in [0.2, 0.25) is 0 Å². The monoisotopic (exact) mass is 338 g/mol. The molecule has 1 aliphatic rings. The summed E-state index contributed by atoms with van der Waals surface area (Å²) in [7, 11) is 1.30. The van der Waals surface area contributed by atoms with Crippen LogP contribution in [0.3, 0.4) is 0 Å². The highest BCUT2D eigenvalue weighted by Gasteiger charge is 2.31. The fourth-order valence-corrected chi connectivity index (χ4v) is 2.56. The van der Waals surface area contributed by atoms with Crippen molar-refractivity contribution in [1.82, 2.24) is 0 Å². The van der Waals surface area contributed by atoms with Crippen LogP contribution in [0.1, 0.15) is 27.6 Å². The molecule has 2 aromatic carbocycles. The first-order valence-electron chi connectivity index (χ1n) is 7.09. The van der Waals surface area contributed by atoms with E-state index in [-0.39, 0.29) is 11.9 Å². The van der Waals surface area contributed by atoms with Gasteiger partial charge in [0.25, 0.3) is 0 Å². The molecule has 1 aliphatic heterocycles. The molecule has 0 N–H and O–H groups in total. The molecule has 2 aromatic rings. The average molecular weight is 338 g/mol. The minimum absolute atomic E-state index is 0.283. The van der Waals surface area contributed by atoms with Gasteiger partial charge in [0, 0.05) is 6.42 Å². The molecule has 0 aromatic heterocycles. The van der Waals surface area contributed by atoms with E-state index in [4.69, 9.17) is 4.74 Å². The van der Waals surface area contributed by atoms with Crippen LogP contribution >= 0.6 is 0 Å². The van der Waals surface area contributed by atoms with Gasteiger partial charge in [-0.25, -0.2) is 4.79 Å². The normalized spacial score (nSPS) is 16.2. The molecule has 126 valence electrons. The van der Waals surface area contributed by atoms with E-state index in [0.29, 0.717) is 17.7 Å². The third-order valence-electron chi connectivity index (χ3n) is 3.64. The van der Waals surface area contributed by atoms with Crippen molar-refractivity contribution < 1.29 is 32.2 Å². The SMILES string of the molecule is COC(=O)c1ccc2c(c1)CC(c1ccc(OC(F)(F)F)cc1)O2. The summed E-state index contributed by atoms with van der Waals surface area (Å²) >= 11 is 0. The van der Waals surface area contributed by atoms with Gasteiger partial charge in [-0.2, -0.15) is 0 Å². The summed E-state index contributed by atoms with van der Waals surface area (Å²) in [5.74, 6) is -0.0760. The van der Waals surface area contributed by atoms with E-state index in [1.807, 2.05) is 0 Å². The first-order valence-corrected chi connectivity index (χ1v) is 7.09. The highest BCUT2D eigenvalue weighted by Crippen LogP contribution is 2.37. The van der Waals surface area contributed by atoms with E-state index in [2.05, 4.69) is 9.47 Å². The van der Waals surface area contributed by atoms with E-state index in [9.17, 15) is 18.0 Å². The number of ether oxygens (including phenoxy) is 3. The van der Waals surface area contributed by atoms with Crippen molar-refractivity contribution in [3.05, 3.63) is 59.2 Å². The fourth-order valence-electron chi connectivity index (χ4n) is 2.56. The summed E-state index contributed by atoms with van der Waals surface area (Å²) in [6, 6.07) is 10.5. The van der Waals surface area contributed by atoms with E-state index in [1.54, 1.807) is 18.2 Å². The maximum absolute atomic E-state index is 12.2. The molecule has 1 heterocycles. The van der Waals surface area contributed by atoms with Crippen molar-refractivity contribution in [3.63, 3.8) is 0 Å². The van der Waals surface area contributed by atoms with Crippen LogP contribution in [0, 0.1) is 0 Å². The van der Waals surface area contributed by atoms with Gasteiger partial charge >= 0.3 is 12.3 Å². The number of methoxy groups -OCH3 is 1. The van der Waals surface area contributed by atoms with Gasteiger partial charge in [-0.05, 0) is 41.5 Å². The molecule has 4 nitrogen and oxygen atoms in total. The van der Waals surface area contributed by atoms with Gasteiger partial charge < -0.3 is 14.2 Å². The topological polar surface area (TPSA) is 44.8 Å². The minimum atomic E-state index is -4.72. The lowest BCUT2D eigenvalue weighted by Crippen LogP contribution is -2.17. The zero-order chi connectivity index (χ0) is 17.3. The van der Waals surface area contributed by atoms with Crippen LogP contribution in [0.25, 0.3) is 0 Å². The number of halogens is 3. The van der Waals surface area contributed by atoms with Crippen LogP contribution in [0.2, 0.25) is 0 Å². The van der Waals surface area contributed by atoms with Crippen molar-refractivity contribution in [2.24, 2.45) is 0 Å². The van der Waals surface area contributed by atoms with Gasteiger partial charge in [0.05, 0.1) is 12.7 Å². The standard InChI is InChI=1S/C17H13F3O4/c1-22-16(21)11-4-7-14-12(8-11)9-15(23-14)10-2-5-13(6-3-10)24-17(18,19)20/h2-8,15H,9H2,1H3. The maximum atomic E-state index is 12.2. The Morgan fingerprint density at radius 1 is 1.17 bits per heavy atom. The molecule has 0 saturated heterocycles. The number of hydrogen-bond acceptors (Lipinski definition) is 4. The number of benzene rings is 2. The Morgan fingerprint density at radius 3 is 2.50 bits per heavy atom. The summed E-state index contributed by atoms with van der Waals surface area (Å²) in [6.07, 6.45) is -4.53. The Labute approximate surface area is 135 Å². The number of esters is 1. The molecule has 0 radical (unpaired) electrons. The van der Waals surface area contributed by atoms with Gasteiger partial charge in [0.1, 0.15) is 17.6 Å². The Kier molecular flexibility index (Phi) is 4.09. The van der Waals surface area contributed by atoms with Crippen LogP contribution in [0.5, 0.6) is 11.5 Å². The van der Waals surface area contributed by atoms with E-state index >= 15 is 0 Å². The Bertz CT molecular complexity index is 753. The smallest absolute Gasteiger partial charge is 0.485 e. The average Bonchev–Trinajstić information content (AvgIpc) is 2.96. The molecule has 0 fully saturated rings. The van der Waals surface area contributed by atoms with Crippen molar-refractivity contribution in [2.45, 2.75) is 18.9 Å². The summed E-state index contributed by atoms with van der Waals surface area (Å²) in [5, 5.41) is 0. The van der Waals surface area contributed by atoms with Crippen LogP contribution in [-0.2, 0) is 11.2 Å². The molecule has 1 unspecified atom stereocenters. The van der Waals surface area contributed by atoms with Crippen LogP contribution in [0.15, 0.2) is 42.5 Å². The fraction of sp³-hybridized carbons (Fsp3) is 0.235. The van der Waals surface area contributed by atoms with Crippen molar-refractivity contribution in [1.29, 1.82) is 0 Å². The van der Waals surface area contributed by atoms with Gasteiger partial charge in [-0.15, -0.1) is 13.2 Å². The van der Waals surface area contributed by atoms with Crippen molar-refractivity contribution in [2.75, 3.05) is 7.11 Å². The number of rotatable bonds is 3. The molecule has 7 heteroatoms. The predicted octanol–water partition coefficient (Wildman–Crippen LogP) is 4.05. The summed E-state index contributed by atoms with van der Waals surface area (Å²) in [5.41, 5.74) is 1.99. The van der Waals surface area contributed by atoms with Crippen molar-refractivity contribution in [3.8, 4) is 11.5 Å². The van der Waals surface area contributed by atoms with Crippen LogP contribution in [-0.4, -0.2) is 19.4 Å². The zero-order valence-electron chi connectivity index (χ0n) is 12.6. The Morgan fingerprint density at radius 2 is 1.88 bits per heavy atom. The summed E-state index contributed by atoms with van der Waals surface area (Å²) < 4.78 is 50.8. The van der Waals surface area contributed by atoms with Gasteiger partial charge in [-0.3, -0.25) is 0 Å². The largest absolute Gasteiger partial charge is 0.573 e. The number of carbonyl (C=O) groups is 1. The molecule has 0 aliphatic carbocycles. The second kappa shape index (κ2) is 6.07.